The Hall–Kier alpha value is -5.92. The quantitative estimate of drug-likeness (QED) is 0.190. The lowest BCUT2D eigenvalue weighted by Gasteiger charge is -2.30. The zero-order valence-corrected chi connectivity index (χ0v) is 24.7. The Morgan fingerprint density at radius 1 is 0.289 bits per heavy atom. The van der Waals surface area contributed by atoms with Gasteiger partial charge in [0.15, 0.2) is 0 Å². The summed E-state index contributed by atoms with van der Waals surface area (Å²) in [5.74, 6) is 0. The monoisotopic (exact) mass is 571 g/mol. The van der Waals surface area contributed by atoms with Crippen molar-refractivity contribution in [3.05, 3.63) is 176 Å². The summed E-state index contributed by atoms with van der Waals surface area (Å²) in [4.78, 5) is 2.47. The molecule has 0 aromatic heterocycles. The molecule has 0 unspecified atom stereocenters. The fourth-order valence-electron chi connectivity index (χ4n) is 7.04. The van der Waals surface area contributed by atoms with Crippen molar-refractivity contribution in [2.75, 3.05) is 4.90 Å². The summed E-state index contributed by atoms with van der Waals surface area (Å²) in [6, 6.07) is 64.2. The van der Waals surface area contributed by atoms with Gasteiger partial charge in [0.1, 0.15) is 0 Å². The maximum atomic E-state index is 2.47. The summed E-state index contributed by atoms with van der Waals surface area (Å²) in [7, 11) is 0. The molecule has 1 nitrogen and oxygen atoms in total. The van der Waals surface area contributed by atoms with Crippen LogP contribution in [0.4, 0.5) is 17.1 Å². The molecule has 1 heteroatoms. The molecular formula is C44H29N. The SMILES string of the molecule is c1ccc2cc(-c3c4ccccc4c(N(c4ccc5ccccc5c4)c4ccc5ccccc5c4)c4ccccc34)ccc2c1. The molecule has 0 fully saturated rings. The van der Waals surface area contributed by atoms with Gasteiger partial charge in [-0.2, -0.15) is 0 Å². The second-order valence-electron chi connectivity index (χ2n) is 11.8. The van der Waals surface area contributed by atoms with E-state index in [0.717, 1.165) is 11.4 Å². The normalized spacial score (nSPS) is 11.6. The Morgan fingerprint density at radius 2 is 0.667 bits per heavy atom. The lowest BCUT2D eigenvalue weighted by atomic mass is 9.89. The fraction of sp³-hybridized carbons (Fsp3) is 0. The van der Waals surface area contributed by atoms with Crippen molar-refractivity contribution in [1.82, 2.24) is 0 Å². The van der Waals surface area contributed by atoms with Gasteiger partial charge in [-0.3, -0.25) is 0 Å². The molecular weight excluding hydrogens is 542 g/mol. The van der Waals surface area contributed by atoms with E-state index in [1.54, 1.807) is 0 Å². The van der Waals surface area contributed by atoms with Crippen LogP contribution in [-0.2, 0) is 0 Å². The summed E-state index contributed by atoms with van der Waals surface area (Å²) < 4.78 is 0. The molecule has 9 aromatic carbocycles. The summed E-state index contributed by atoms with van der Waals surface area (Å²) in [6.07, 6.45) is 0. The van der Waals surface area contributed by atoms with Crippen molar-refractivity contribution in [1.29, 1.82) is 0 Å². The highest BCUT2D eigenvalue weighted by atomic mass is 15.1. The Labute approximate surface area is 262 Å². The van der Waals surface area contributed by atoms with E-state index in [9.17, 15) is 0 Å². The number of nitrogens with zero attached hydrogens (tertiary/aromatic N) is 1. The zero-order valence-electron chi connectivity index (χ0n) is 24.7. The van der Waals surface area contributed by atoms with Crippen molar-refractivity contribution in [2.24, 2.45) is 0 Å². The summed E-state index contributed by atoms with van der Waals surface area (Å²) >= 11 is 0. The van der Waals surface area contributed by atoms with Gasteiger partial charge in [0.25, 0.3) is 0 Å². The van der Waals surface area contributed by atoms with E-state index in [0.29, 0.717) is 0 Å². The first kappa shape index (κ1) is 25.6. The van der Waals surface area contributed by atoms with Crippen molar-refractivity contribution in [3.8, 4) is 11.1 Å². The highest BCUT2D eigenvalue weighted by Crippen LogP contribution is 2.48. The van der Waals surface area contributed by atoms with E-state index in [-0.39, 0.29) is 0 Å². The topological polar surface area (TPSA) is 3.24 Å². The molecule has 0 atom stereocenters. The van der Waals surface area contributed by atoms with Crippen LogP contribution in [0, 0.1) is 0 Å². The van der Waals surface area contributed by atoms with Crippen LogP contribution in [0.2, 0.25) is 0 Å². The van der Waals surface area contributed by atoms with Crippen molar-refractivity contribution in [2.45, 2.75) is 0 Å². The van der Waals surface area contributed by atoms with Crippen molar-refractivity contribution >= 4 is 70.9 Å². The van der Waals surface area contributed by atoms with Crippen LogP contribution in [-0.4, -0.2) is 0 Å². The van der Waals surface area contributed by atoms with Crippen molar-refractivity contribution in [3.63, 3.8) is 0 Å². The van der Waals surface area contributed by atoms with Crippen LogP contribution < -0.4 is 4.90 Å². The number of hydrogen-bond donors (Lipinski definition) is 0. The molecule has 9 rings (SSSR count). The highest BCUT2D eigenvalue weighted by molar-refractivity contribution is 6.23. The predicted molar refractivity (Wildman–Crippen MR) is 194 cm³/mol. The molecule has 210 valence electrons. The number of anilines is 3. The van der Waals surface area contributed by atoms with Gasteiger partial charge >= 0.3 is 0 Å². The largest absolute Gasteiger partial charge is 0.309 e. The van der Waals surface area contributed by atoms with Gasteiger partial charge in [-0.15, -0.1) is 0 Å². The Bertz CT molecular complexity index is 2420. The summed E-state index contributed by atoms with van der Waals surface area (Å²) in [6.45, 7) is 0. The maximum Gasteiger partial charge on any atom is 0.0618 e. The van der Waals surface area contributed by atoms with Gasteiger partial charge in [0.2, 0.25) is 0 Å². The van der Waals surface area contributed by atoms with Crippen LogP contribution in [0.1, 0.15) is 0 Å². The standard InChI is InChI=1S/C44H29N/c1-4-14-33-27-36(22-21-30(33)11-1)43-39-17-7-9-19-41(39)44(42-20-10-8-18-40(42)43)45(37-25-23-31-12-2-5-15-34(31)28-37)38-26-24-32-13-3-6-16-35(32)29-38/h1-29H. The number of fused-ring (bicyclic) bond motifs is 5. The Morgan fingerprint density at radius 3 is 1.16 bits per heavy atom. The first-order chi connectivity index (χ1) is 22.3. The third kappa shape index (κ3) is 4.24. The van der Waals surface area contributed by atoms with Crippen LogP contribution >= 0.6 is 0 Å². The molecule has 0 saturated heterocycles. The fourth-order valence-corrected chi connectivity index (χ4v) is 7.04. The van der Waals surface area contributed by atoms with E-state index in [1.807, 2.05) is 0 Å². The number of rotatable bonds is 4. The first-order valence-electron chi connectivity index (χ1n) is 15.5. The minimum absolute atomic E-state index is 1.14. The molecule has 0 saturated carbocycles. The molecule has 9 aromatic rings. The van der Waals surface area contributed by atoms with Gasteiger partial charge in [-0.1, -0.05) is 146 Å². The van der Waals surface area contributed by atoms with E-state index in [2.05, 4.69) is 181 Å². The third-order valence-electron chi connectivity index (χ3n) is 9.15. The highest BCUT2D eigenvalue weighted by Gasteiger charge is 2.22. The Kier molecular flexibility index (Phi) is 5.89. The van der Waals surface area contributed by atoms with Crippen LogP contribution in [0.25, 0.3) is 65.0 Å². The van der Waals surface area contributed by atoms with E-state index in [1.165, 1.54) is 70.7 Å². The molecule has 0 aliphatic heterocycles. The van der Waals surface area contributed by atoms with Crippen LogP contribution in [0.5, 0.6) is 0 Å². The molecule has 0 N–H and O–H groups in total. The molecule has 0 aliphatic rings. The van der Waals surface area contributed by atoms with Crippen LogP contribution in [0.15, 0.2) is 176 Å². The number of hydrogen-bond acceptors (Lipinski definition) is 1. The van der Waals surface area contributed by atoms with E-state index < -0.39 is 0 Å². The van der Waals surface area contributed by atoms with Gasteiger partial charge in [0.05, 0.1) is 5.69 Å². The van der Waals surface area contributed by atoms with Gasteiger partial charge < -0.3 is 4.90 Å². The second-order valence-corrected chi connectivity index (χ2v) is 11.8. The molecule has 0 spiro atoms. The average molecular weight is 572 g/mol. The minimum Gasteiger partial charge on any atom is -0.309 e. The van der Waals surface area contributed by atoms with Gasteiger partial charge in [-0.25, -0.2) is 0 Å². The summed E-state index contributed by atoms with van der Waals surface area (Å²) in [5, 5.41) is 12.4. The van der Waals surface area contributed by atoms with E-state index >= 15 is 0 Å². The molecule has 0 bridgehead atoms. The minimum atomic E-state index is 1.14. The smallest absolute Gasteiger partial charge is 0.0618 e. The molecule has 0 amide bonds. The third-order valence-corrected chi connectivity index (χ3v) is 9.15. The van der Waals surface area contributed by atoms with Gasteiger partial charge in [0, 0.05) is 22.1 Å². The lowest BCUT2D eigenvalue weighted by molar-refractivity contribution is 1.32. The van der Waals surface area contributed by atoms with Gasteiger partial charge in [-0.05, 0) is 84.5 Å². The average Bonchev–Trinajstić information content (AvgIpc) is 3.11. The molecule has 45 heavy (non-hydrogen) atoms. The molecule has 0 radical (unpaired) electrons. The molecule has 0 aliphatic carbocycles. The zero-order chi connectivity index (χ0) is 29.7. The first-order valence-corrected chi connectivity index (χ1v) is 15.5. The molecule has 0 heterocycles. The lowest BCUT2D eigenvalue weighted by Crippen LogP contribution is -2.11. The van der Waals surface area contributed by atoms with E-state index in [4.69, 9.17) is 0 Å². The predicted octanol–water partition coefficient (Wildman–Crippen LogP) is 12.6. The number of benzene rings is 9. The summed E-state index contributed by atoms with van der Waals surface area (Å²) in [5.41, 5.74) is 5.97. The van der Waals surface area contributed by atoms with Crippen LogP contribution in [0.3, 0.4) is 0 Å². The van der Waals surface area contributed by atoms with Crippen molar-refractivity contribution < 1.29 is 0 Å². The second kappa shape index (κ2) is 10.4. The maximum absolute atomic E-state index is 2.47. The Balaban J connectivity index is 1.40.